The molecule has 1 aliphatic rings. The number of benzene rings is 2. The Morgan fingerprint density at radius 1 is 1.07 bits per heavy atom. The third kappa shape index (κ3) is 4.15. The summed E-state index contributed by atoms with van der Waals surface area (Å²) >= 11 is 1.29. The Morgan fingerprint density at radius 2 is 1.70 bits per heavy atom. The number of hydrogen-bond acceptors (Lipinski definition) is 4. The molecule has 0 spiro atoms. The molecule has 0 amide bonds. The SMILES string of the molecule is CC(=O)SCC(=Cc1c(C)ccc2ccccc12)B1OC(C)(C)C(C)(C)O1. The number of rotatable bonds is 4. The summed E-state index contributed by atoms with van der Waals surface area (Å²) in [7, 11) is -0.458. The molecule has 0 unspecified atom stereocenters. The smallest absolute Gasteiger partial charge is 0.400 e. The second-order valence-electron chi connectivity index (χ2n) is 8.11. The summed E-state index contributed by atoms with van der Waals surface area (Å²) in [6.45, 7) is 11.9. The number of thioether (sulfide) groups is 1. The molecule has 0 aromatic heterocycles. The molecule has 142 valence electrons. The molecule has 1 aliphatic heterocycles. The van der Waals surface area contributed by atoms with Gasteiger partial charge in [-0.05, 0) is 62.0 Å². The van der Waals surface area contributed by atoms with E-state index in [4.69, 9.17) is 9.31 Å². The molecule has 1 heterocycles. The van der Waals surface area contributed by atoms with Crippen LogP contribution in [0, 0.1) is 6.92 Å². The Balaban J connectivity index is 2.07. The van der Waals surface area contributed by atoms with E-state index in [9.17, 15) is 4.79 Å². The predicted molar refractivity (Wildman–Crippen MR) is 116 cm³/mol. The van der Waals surface area contributed by atoms with Crippen LogP contribution in [0.2, 0.25) is 0 Å². The van der Waals surface area contributed by atoms with Gasteiger partial charge in [0.1, 0.15) is 0 Å². The summed E-state index contributed by atoms with van der Waals surface area (Å²) in [5.74, 6) is 0.550. The van der Waals surface area contributed by atoms with Gasteiger partial charge in [0, 0.05) is 12.7 Å². The van der Waals surface area contributed by atoms with Gasteiger partial charge in [-0.15, -0.1) is 0 Å². The Labute approximate surface area is 166 Å². The van der Waals surface area contributed by atoms with Crippen molar-refractivity contribution >= 4 is 40.8 Å². The summed E-state index contributed by atoms with van der Waals surface area (Å²) < 4.78 is 12.5. The van der Waals surface area contributed by atoms with E-state index in [0.29, 0.717) is 5.75 Å². The molecule has 0 aliphatic carbocycles. The van der Waals surface area contributed by atoms with Crippen molar-refractivity contribution in [2.24, 2.45) is 0 Å². The molecule has 0 bridgehead atoms. The lowest BCUT2D eigenvalue weighted by atomic mass is 9.77. The van der Waals surface area contributed by atoms with Crippen LogP contribution < -0.4 is 0 Å². The van der Waals surface area contributed by atoms with Crippen molar-refractivity contribution in [3.63, 3.8) is 0 Å². The van der Waals surface area contributed by atoms with E-state index >= 15 is 0 Å². The molecule has 2 aromatic rings. The Hall–Kier alpha value is -1.56. The quantitative estimate of drug-likeness (QED) is 0.660. The van der Waals surface area contributed by atoms with Gasteiger partial charge in [-0.3, -0.25) is 4.79 Å². The van der Waals surface area contributed by atoms with Gasteiger partial charge in [0.2, 0.25) is 0 Å². The maximum absolute atomic E-state index is 11.6. The lowest BCUT2D eigenvalue weighted by Crippen LogP contribution is -2.41. The topological polar surface area (TPSA) is 35.5 Å². The number of carbonyl (C=O) groups is 1. The van der Waals surface area contributed by atoms with E-state index in [0.717, 1.165) is 11.0 Å². The monoisotopic (exact) mass is 382 g/mol. The van der Waals surface area contributed by atoms with Crippen LogP contribution >= 0.6 is 11.8 Å². The van der Waals surface area contributed by atoms with Crippen LogP contribution in [0.1, 0.15) is 45.7 Å². The first-order valence-electron chi connectivity index (χ1n) is 9.28. The van der Waals surface area contributed by atoms with Gasteiger partial charge in [0.25, 0.3) is 0 Å². The van der Waals surface area contributed by atoms with Gasteiger partial charge in [0.05, 0.1) is 11.2 Å². The molecule has 3 rings (SSSR count). The van der Waals surface area contributed by atoms with E-state index in [1.807, 2.05) is 33.8 Å². The molecular weight excluding hydrogens is 355 g/mol. The third-order valence-corrected chi connectivity index (χ3v) is 6.40. The molecule has 0 N–H and O–H groups in total. The summed E-state index contributed by atoms with van der Waals surface area (Å²) in [5, 5.41) is 2.48. The number of carbonyl (C=O) groups excluding carboxylic acids is 1. The molecule has 0 saturated carbocycles. The van der Waals surface area contributed by atoms with Crippen molar-refractivity contribution in [2.75, 3.05) is 5.75 Å². The Bertz CT molecular complexity index is 886. The van der Waals surface area contributed by atoms with Gasteiger partial charge < -0.3 is 9.31 Å². The number of hydrogen-bond donors (Lipinski definition) is 0. The summed E-state index contributed by atoms with van der Waals surface area (Å²) in [6, 6.07) is 12.6. The first kappa shape index (κ1) is 20.2. The van der Waals surface area contributed by atoms with Crippen LogP contribution in [0.5, 0.6) is 0 Å². The minimum absolute atomic E-state index is 0.0899. The van der Waals surface area contributed by atoms with Crippen molar-refractivity contribution in [3.05, 3.63) is 53.0 Å². The van der Waals surface area contributed by atoms with Crippen molar-refractivity contribution in [1.82, 2.24) is 0 Å². The van der Waals surface area contributed by atoms with Gasteiger partial charge >= 0.3 is 7.12 Å². The highest BCUT2D eigenvalue weighted by Gasteiger charge is 2.52. The van der Waals surface area contributed by atoms with E-state index in [-0.39, 0.29) is 5.12 Å². The first-order chi connectivity index (χ1) is 12.6. The highest BCUT2D eigenvalue weighted by molar-refractivity contribution is 8.13. The zero-order valence-electron chi connectivity index (χ0n) is 17.0. The Morgan fingerprint density at radius 3 is 2.33 bits per heavy atom. The average Bonchev–Trinajstić information content (AvgIpc) is 2.80. The van der Waals surface area contributed by atoms with E-state index < -0.39 is 18.3 Å². The second kappa shape index (κ2) is 7.46. The zero-order valence-corrected chi connectivity index (χ0v) is 17.8. The zero-order chi connectivity index (χ0) is 19.8. The molecule has 27 heavy (non-hydrogen) atoms. The molecule has 0 atom stereocenters. The standard InChI is InChI=1S/C22H27BO3S/c1-15-11-12-17-9-7-8-10-19(17)20(15)13-18(14-27-16(2)24)23-25-21(3,4)22(5,6)26-23/h7-13H,14H2,1-6H3. The maximum Gasteiger partial charge on any atom is 0.491 e. The number of aryl methyl sites for hydroxylation is 1. The minimum atomic E-state index is -0.458. The summed E-state index contributed by atoms with van der Waals surface area (Å²) in [4.78, 5) is 11.6. The van der Waals surface area contributed by atoms with Crippen LogP contribution in [0.15, 0.2) is 41.9 Å². The fraction of sp³-hybridized carbons (Fsp3) is 0.409. The van der Waals surface area contributed by atoms with Crippen molar-refractivity contribution < 1.29 is 14.1 Å². The second-order valence-corrected chi connectivity index (χ2v) is 9.26. The van der Waals surface area contributed by atoms with E-state index in [1.165, 1.54) is 28.1 Å². The van der Waals surface area contributed by atoms with Crippen molar-refractivity contribution in [3.8, 4) is 0 Å². The van der Waals surface area contributed by atoms with Gasteiger partial charge in [-0.2, -0.15) is 0 Å². The third-order valence-electron chi connectivity index (χ3n) is 5.52. The lowest BCUT2D eigenvalue weighted by Gasteiger charge is -2.32. The van der Waals surface area contributed by atoms with Crippen molar-refractivity contribution in [2.45, 2.75) is 52.7 Å². The van der Waals surface area contributed by atoms with Crippen LogP contribution in [0.4, 0.5) is 0 Å². The van der Waals surface area contributed by atoms with Crippen LogP contribution in [-0.2, 0) is 14.1 Å². The summed E-state index contributed by atoms with van der Waals surface area (Å²) in [5.41, 5.74) is 2.50. The number of fused-ring (bicyclic) bond motifs is 1. The molecule has 0 radical (unpaired) electrons. The molecule has 5 heteroatoms. The fourth-order valence-corrected chi connectivity index (χ4v) is 3.73. The molecule has 1 fully saturated rings. The highest BCUT2D eigenvalue weighted by atomic mass is 32.2. The average molecular weight is 382 g/mol. The highest BCUT2D eigenvalue weighted by Crippen LogP contribution is 2.40. The molecular formula is C22H27BO3S. The van der Waals surface area contributed by atoms with E-state index in [1.54, 1.807) is 6.92 Å². The first-order valence-corrected chi connectivity index (χ1v) is 10.3. The normalized spacial score (nSPS) is 18.9. The Kier molecular flexibility index (Phi) is 5.58. The predicted octanol–water partition coefficient (Wildman–Crippen LogP) is 5.44. The van der Waals surface area contributed by atoms with Crippen LogP contribution in [0.3, 0.4) is 0 Å². The van der Waals surface area contributed by atoms with Crippen molar-refractivity contribution in [1.29, 1.82) is 0 Å². The molecule has 1 saturated heterocycles. The minimum Gasteiger partial charge on any atom is -0.400 e. The van der Waals surface area contributed by atoms with Gasteiger partial charge in [0.15, 0.2) is 5.12 Å². The maximum atomic E-state index is 11.6. The fourth-order valence-electron chi connectivity index (χ4n) is 3.14. The largest absolute Gasteiger partial charge is 0.491 e. The van der Waals surface area contributed by atoms with Crippen LogP contribution in [-0.4, -0.2) is 29.2 Å². The van der Waals surface area contributed by atoms with Crippen LogP contribution in [0.25, 0.3) is 16.8 Å². The van der Waals surface area contributed by atoms with E-state index in [2.05, 4.69) is 43.3 Å². The lowest BCUT2D eigenvalue weighted by molar-refractivity contribution is -0.109. The molecule has 2 aromatic carbocycles. The summed E-state index contributed by atoms with van der Waals surface area (Å²) in [6.07, 6.45) is 2.15. The molecule has 3 nitrogen and oxygen atoms in total. The van der Waals surface area contributed by atoms with Gasteiger partial charge in [-0.25, -0.2) is 0 Å². The van der Waals surface area contributed by atoms with Gasteiger partial charge in [-0.1, -0.05) is 54.2 Å².